The fourth-order valence-electron chi connectivity index (χ4n) is 14.5. The monoisotopic (exact) mass is 2110 g/mol. The molecule has 0 amide bonds. The fraction of sp³-hybridized carbons (Fsp3) is 0.194. The molecule has 645 valence electrons. The maximum atomic E-state index is 5.71. The van der Waals surface area contributed by atoms with Crippen molar-refractivity contribution in [2.24, 2.45) is 122 Å². The summed E-state index contributed by atoms with van der Waals surface area (Å²) in [5.74, 6) is 4.04. The molecule has 1 fully saturated rings. The first-order chi connectivity index (χ1) is 60.6. The minimum absolute atomic E-state index is 0. The Kier molecular flexibility index (Phi) is 39.8. The van der Waals surface area contributed by atoms with E-state index in [2.05, 4.69) is 225 Å². The Morgan fingerprint density at radius 3 is 1.01 bits per heavy atom. The Hall–Kier alpha value is -10.2. The van der Waals surface area contributed by atoms with E-state index in [0.717, 1.165) is 140 Å². The normalized spacial score (nSPS) is 11.5. The Labute approximate surface area is 886 Å². The molecular weight excluding hydrogens is 2000 g/mol. The van der Waals surface area contributed by atoms with Crippen LogP contribution in [0.4, 0.5) is 98.0 Å². The number of nitrogens with two attached hydrogens (primary N) is 1. The number of hydrogen-bond acceptors (Lipinski definition) is 15. The zero-order valence-electron chi connectivity index (χ0n) is 76.3. The molecule has 5 radical (unpaired) electrons. The van der Waals surface area contributed by atoms with E-state index in [0.29, 0.717) is 0 Å². The topological polar surface area (TPSA) is 234 Å². The molecule has 4 N–H and O–H groups in total. The number of aromatic nitrogens is 12. The number of imidazole rings is 5. The summed E-state index contributed by atoms with van der Waals surface area (Å²) in [7, 11) is 23.8. The van der Waals surface area contributed by atoms with Gasteiger partial charge in [0.2, 0.25) is 0 Å². The first-order valence-electron chi connectivity index (χ1n) is 41.4. The predicted molar refractivity (Wildman–Crippen MR) is 498 cm³/mol. The zero-order chi connectivity index (χ0) is 87.5. The summed E-state index contributed by atoms with van der Waals surface area (Å²) < 4.78 is 24.1. The van der Waals surface area contributed by atoms with Crippen molar-refractivity contribution in [1.82, 2.24) is 32.0 Å². The Morgan fingerprint density at radius 1 is 0.338 bits per heavy atom. The van der Waals surface area contributed by atoms with Crippen molar-refractivity contribution < 1.29 is 186 Å². The summed E-state index contributed by atoms with van der Waals surface area (Å²) in [6.45, 7) is 6.56. The molecule has 7 aromatic heterocycles. The number of nitrogens with one attached hydrogen (secondary N) is 2. The van der Waals surface area contributed by atoms with Crippen molar-refractivity contribution >= 4 is 120 Å². The van der Waals surface area contributed by atoms with E-state index in [4.69, 9.17) is 5.73 Å². The van der Waals surface area contributed by atoms with Crippen LogP contribution in [0.25, 0.3) is 33.4 Å². The van der Waals surface area contributed by atoms with Crippen molar-refractivity contribution in [1.29, 1.82) is 0 Å². The number of hydrogen-bond donors (Lipinski definition) is 3. The van der Waals surface area contributed by atoms with Crippen LogP contribution in [-0.4, -0.2) is 59.2 Å². The summed E-state index contributed by atoms with van der Waals surface area (Å²) in [6, 6.07) is 89.9. The van der Waals surface area contributed by atoms with E-state index < -0.39 is 0 Å². The number of nitrogens with zero attached hydrogens (tertiary/aromatic N) is 24. The number of aryl methyl sites for hydroxylation is 12. The van der Waals surface area contributed by atoms with E-state index in [-0.39, 0.29) is 164 Å². The van der Waals surface area contributed by atoms with Gasteiger partial charge in [0.25, 0.3) is 0 Å². The van der Waals surface area contributed by atoms with E-state index in [1.807, 2.05) is 316 Å². The van der Waals surface area contributed by atoms with Gasteiger partial charge >= 0.3 is 29.7 Å². The molecule has 0 spiro atoms. The molecule has 0 atom stereocenters. The van der Waals surface area contributed by atoms with Crippen molar-refractivity contribution in [3.05, 3.63) is 339 Å². The Balaban J connectivity index is 0.000000182. The molecule has 17 aromatic rings. The quantitative estimate of drug-likeness (QED) is 0.0383. The predicted octanol–water partition coefficient (Wildman–Crippen LogP) is 21.1. The van der Waals surface area contributed by atoms with Gasteiger partial charge in [-0.25, -0.2) is 45.7 Å². The summed E-state index contributed by atoms with van der Waals surface area (Å²) in [4.78, 5) is 4.48. The minimum atomic E-state index is 0. The molecule has 0 bridgehead atoms. The van der Waals surface area contributed by atoms with Gasteiger partial charge < -0.3 is 35.3 Å². The van der Waals surface area contributed by atoms with E-state index in [1.165, 1.54) is 46.7 Å². The number of benzene rings is 10. The van der Waals surface area contributed by atoms with Crippen molar-refractivity contribution in [2.75, 3.05) is 53.4 Å². The largest absolute Gasteiger partial charge is 0.422 e. The van der Waals surface area contributed by atoms with Crippen LogP contribution in [0.5, 0.6) is 0 Å². The number of azo groups is 5. The van der Waals surface area contributed by atoms with Crippen molar-refractivity contribution in [3.8, 4) is 11.4 Å². The Morgan fingerprint density at radius 2 is 0.654 bits per heavy atom. The molecule has 130 heavy (non-hydrogen) atoms. The molecule has 32 heteroatoms. The number of rotatable bonds is 20. The van der Waals surface area contributed by atoms with Crippen LogP contribution in [0, 0.1) is 13.8 Å². The summed E-state index contributed by atoms with van der Waals surface area (Å²) in [5, 5.41) is 50.4. The molecule has 1 saturated heterocycles. The fourth-order valence-corrected chi connectivity index (χ4v) is 14.5. The molecule has 0 unspecified atom stereocenters. The van der Waals surface area contributed by atoms with Gasteiger partial charge in [-0.05, 0) is 263 Å². The molecule has 0 saturated carbocycles. The van der Waals surface area contributed by atoms with Crippen LogP contribution in [0.2, 0.25) is 0 Å². The standard InChI is InChI=1S/C23H24N6.C21H20N6.C19H22N5.C18H20N5.C17H20N5.5Y/c1-17-5-6-18(2)29(17)22-13-11-20(12-14-22)24-19-7-9-21(10-8-19)25-26-23-27(3)15-16-28(23)4;1-25-15-16-26(2)21(25)24-23-19-7-5-17(6-8-19)22-18-9-11-20(12-10-18)27-13-3-4-14-27;1-22-17-7-3-4-8-18(17)23(2)19(22)21-20-15-9-11-16(12-10-15)24-13-5-6-14-24;1-22-11-12-23(2)18(22)21-20-17-9-5-15(6-10-17)13-14-3-7-16(19)8-4-14;1-20(2)14-11-9-13(10-12-14)18-19-17-21(3)15-7-5-6-8-16(15)22(17)4;;;;;/h5-16H,1-4H3;3-16H,1-2H3;3-4,7-12H,5-6,13-14H2,1-2H3;3-12H,13,19H2,1-2H3;5-12H,1-4H3;;;;;/q;;3*+1;;;;;/p+2. The van der Waals surface area contributed by atoms with Gasteiger partial charge in [-0.1, -0.05) is 74.1 Å². The first kappa shape index (κ1) is 104. The third-order valence-corrected chi connectivity index (χ3v) is 21.6. The second-order valence-electron chi connectivity index (χ2n) is 31.0. The minimum Gasteiger partial charge on any atom is -0.399 e. The van der Waals surface area contributed by atoms with Crippen LogP contribution in [0.15, 0.2) is 368 Å². The summed E-state index contributed by atoms with van der Waals surface area (Å²) >= 11 is 0. The van der Waals surface area contributed by atoms with Crippen molar-refractivity contribution in [3.63, 3.8) is 0 Å². The van der Waals surface area contributed by atoms with Gasteiger partial charge in [-0.3, -0.25) is 0 Å². The smallest absolute Gasteiger partial charge is 0.399 e. The number of fused-ring (bicyclic) bond motifs is 2. The van der Waals surface area contributed by atoms with Gasteiger partial charge in [0.05, 0.1) is 108 Å². The van der Waals surface area contributed by atoms with Crippen LogP contribution < -0.4 is 49.0 Å². The Bertz CT molecular complexity index is 6440. The number of anilines is 7. The average Bonchev–Trinajstić information content (AvgIpc) is 1.64. The van der Waals surface area contributed by atoms with Gasteiger partial charge in [0.15, 0.2) is 0 Å². The van der Waals surface area contributed by atoms with Crippen LogP contribution in [0.3, 0.4) is 0 Å². The third kappa shape index (κ3) is 27.3. The molecule has 27 nitrogen and oxygen atoms in total. The summed E-state index contributed by atoms with van der Waals surface area (Å²) in [6.07, 6.45) is 19.2. The number of nitrogen functional groups attached to an aromatic ring is 1. The molecule has 1 aliphatic heterocycles. The molecular formula is C98H108N27Y5+5. The maximum Gasteiger partial charge on any atom is 0.422 e. The second kappa shape index (κ2) is 49.9. The third-order valence-electron chi connectivity index (χ3n) is 21.6. The zero-order valence-corrected chi connectivity index (χ0v) is 90.4. The maximum absolute atomic E-state index is 5.71. The van der Waals surface area contributed by atoms with Gasteiger partial charge in [0, 0.05) is 291 Å². The van der Waals surface area contributed by atoms with Crippen LogP contribution in [0.1, 0.15) is 35.4 Å². The van der Waals surface area contributed by atoms with Gasteiger partial charge in [-0.15, -0.1) is 0 Å². The molecule has 18 rings (SSSR count). The van der Waals surface area contributed by atoms with E-state index in [1.54, 1.807) is 0 Å². The summed E-state index contributed by atoms with van der Waals surface area (Å²) in [5.41, 5.74) is 29.0. The SMILES string of the molecule is CN(C)c1ccc(N=Nc2n(C)c3ccccc3[n+]2C)cc1.Cc1ccc(C)n1-c1ccc(Nc2ccc(N=Nc3n(C)cc[n+]3C)cc2)cc1.Cn1c(N=Nc2ccc(N3CCCC3)cc2)[n+](C)c2ccccc21.Cn1cc[n+](C)c1N=Nc1ccc(Cc2ccc(N)cc2)cc1.Cn1cc[n+](C)c1N=Nc1ccc(Nc2ccc(-n3cccc3)cc2)cc1.[Y].[Y].[Y].[Y].[Y]. The van der Waals surface area contributed by atoms with Crippen LogP contribution in [-0.2, 0) is 240 Å². The average molecular weight is 2110 g/mol. The van der Waals surface area contributed by atoms with Gasteiger partial charge in [0.1, 0.15) is 50.5 Å². The van der Waals surface area contributed by atoms with Crippen molar-refractivity contribution in [2.45, 2.75) is 33.1 Å². The molecule has 1 aliphatic rings. The van der Waals surface area contributed by atoms with E-state index in [9.17, 15) is 0 Å². The second-order valence-corrected chi connectivity index (χ2v) is 31.0. The number of para-hydroxylation sites is 4. The van der Waals surface area contributed by atoms with Gasteiger partial charge in [-0.2, -0.15) is 0 Å². The molecule has 0 aliphatic carbocycles. The van der Waals surface area contributed by atoms with E-state index >= 15 is 0 Å². The molecule has 10 aromatic carbocycles. The first-order valence-corrected chi connectivity index (χ1v) is 41.4. The van der Waals surface area contributed by atoms with Crippen LogP contribution >= 0.6 is 0 Å². The molecule has 8 heterocycles.